The average molecular weight is 231 g/mol. The third-order valence-corrected chi connectivity index (χ3v) is 2.28. The Hall–Kier alpha value is -2.30. The number of ether oxygens (including phenoxy) is 1. The van der Waals surface area contributed by atoms with Gasteiger partial charge in [0.2, 0.25) is 5.91 Å². The molecule has 0 unspecified atom stereocenters. The molecule has 17 heavy (non-hydrogen) atoms. The first-order chi connectivity index (χ1) is 8.28. The molecule has 0 aliphatic heterocycles. The minimum absolute atomic E-state index is 0.0837. The highest BCUT2D eigenvalue weighted by Gasteiger charge is 2.05. The van der Waals surface area contributed by atoms with E-state index in [2.05, 4.69) is 15.5 Å². The van der Waals surface area contributed by atoms with Gasteiger partial charge in [0.25, 0.3) is 0 Å². The number of methoxy groups -OCH3 is 1. The third-order valence-electron chi connectivity index (χ3n) is 2.28. The van der Waals surface area contributed by atoms with Gasteiger partial charge in [0.05, 0.1) is 25.4 Å². The highest BCUT2D eigenvalue weighted by molar-refractivity contribution is 5.91. The van der Waals surface area contributed by atoms with Crippen LogP contribution < -0.4 is 10.1 Å². The van der Waals surface area contributed by atoms with Crippen LogP contribution in [0.4, 0.5) is 5.69 Å². The van der Waals surface area contributed by atoms with Crippen molar-refractivity contribution in [1.82, 2.24) is 10.2 Å². The molecule has 2 aromatic rings. The summed E-state index contributed by atoms with van der Waals surface area (Å²) in [6.45, 7) is 0. The Bertz CT molecular complexity index is 494. The fourth-order valence-corrected chi connectivity index (χ4v) is 1.49. The summed E-state index contributed by atoms with van der Waals surface area (Å²) in [7, 11) is 1.60. The van der Waals surface area contributed by atoms with Gasteiger partial charge in [-0.15, -0.1) is 0 Å². The topological polar surface area (TPSA) is 67.0 Å². The second-order valence-electron chi connectivity index (χ2n) is 3.56. The Balaban J connectivity index is 1.98. The molecule has 0 aliphatic rings. The van der Waals surface area contributed by atoms with Gasteiger partial charge in [0, 0.05) is 6.20 Å². The molecule has 1 amide bonds. The van der Waals surface area contributed by atoms with Gasteiger partial charge in [-0.05, 0) is 17.7 Å². The number of benzene rings is 1. The van der Waals surface area contributed by atoms with Crippen molar-refractivity contribution in [1.29, 1.82) is 0 Å². The van der Waals surface area contributed by atoms with Crippen LogP contribution in [-0.4, -0.2) is 23.2 Å². The minimum Gasteiger partial charge on any atom is -0.497 e. The van der Waals surface area contributed by atoms with E-state index in [0.717, 1.165) is 11.3 Å². The summed E-state index contributed by atoms with van der Waals surface area (Å²) < 4.78 is 5.10. The van der Waals surface area contributed by atoms with Crippen LogP contribution in [0.5, 0.6) is 5.75 Å². The van der Waals surface area contributed by atoms with Gasteiger partial charge in [0.15, 0.2) is 0 Å². The average Bonchev–Trinajstić information content (AvgIpc) is 2.82. The van der Waals surface area contributed by atoms with Crippen LogP contribution in [-0.2, 0) is 11.2 Å². The van der Waals surface area contributed by atoms with Gasteiger partial charge in [0.1, 0.15) is 5.75 Å². The van der Waals surface area contributed by atoms with Gasteiger partial charge in [-0.1, -0.05) is 12.1 Å². The summed E-state index contributed by atoms with van der Waals surface area (Å²) in [6, 6.07) is 7.43. The molecule has 0 fully saturated rings. The molecule has 1 aromatic heterocycles. The highest BCUT2D eigenvalue weighted by Crippen LogP contribution is 2.13. The number of aromatic nitrogens is 2. The lowest BCUT2D eigenvalue weighted by Crippen LogP contribution is -2.13. The molecule has 5 nitrogen and oxygen atoms in total. The summed E-state index contributed by atoms with van der Waals surface area (Å²) >= 11 is 0. The quantitative estimate of drug-likeness (QED) is 0.839. The minimum atomic E-state index is -0.0837. The van der Waals surface area contributed by atoms with E-state index in [9.17, 15) is 4.79 Å². The molecule has 1 heterocycles. The molecule has 0 bridgehead atoms. The number of aromatic amines is 1. The van der Waals surface area contributed by atoms with E-state index < -0.39 is 0 Å². The smallest absolute Gasteiger partial charge is 0.228 e. The van der Waals surface area contributed by atoms with Crippen LogP contribution in [0.15, 0.2) is 36.7 Å². The van der Waals surface area contributed by atoms with Crippen LogP contribution in [0.25, 0.3) is 0 Å². The number of H-pyrrole nitrogens is 1. The van der Waals surface area contributed by atoms with Crippen molar-refractivity contribution < 1.29 is 9.53 Å². The molecular weight excluding hydrogens is 218 g/mol. The number of rotatable bonds is 4. The summed E-state index contributed by atoms with van der Waals surface area (Å²) in [5.74, 6) is 0.665. The summed E-state index contributed by atoms with van der Waals surface area (Å²) in [6.07, 6.45) is 3.50. The summed E-state index contributed by atoms with van der Waals surface area (Å²) in [5.41, 5.74) is 1.57. The Morgan fingerprint density at radius 2 is 2.41 bits per heavy atom. The van der Waals surface area contributed by atoms with Gasteiger partial charge in [-0.2, -0.15) is 5.10 Å². The maximum atomic E-state index is 11.7. The van der Waals surface area contributed by atoms with E-state index in [1.807, 2.05) is 24.3 Å². The van der Waals surface area contributed by atoms with Gasteiger partial charge >= 0.3 is 0 Å². The van der Waals surface area contributed by atoms with Crippen molar-refractivity contribution in [2.45, 2.75) is 6.42 Å². The number of hydrogen-bond donors (Lipinski definition) is 2. The maximum Gasteiger partial charge on any atom is 0.228 e. The molecule has 5 heteroatoms. The van der Waals surface area contributed by atoms with Crippen molar-refractivity contribution >= 4 is 11.6 Å². The lowest BCUT2D eigenvalue weighted by molar-refractivity contribution is -0.115. The predicted octanol–water partition coefficient (Wildman–Crippen LogP) is 1.60. The SMILES string of the molecule is COc1cccc(CC(=O)Nc2cn[nH]c2)c1. The molecule has 0 saturated carbocycles. The van der Waals surface area contributed by atoms with Crippen molar-refractivity contribution in [3.8, 4) is 5.75 Å². The Morgan fingerprint density at radius 3 is 3.12 bits per heavy atom. The number of hydrogen-bond acceptors (Lipinski definition) is 3. The number of nitrogens with zero attached hydrogens (tertiary/aromatic N) is 1. The van der Waals surface area contributed by atoms with Crippen LogP contribution >= 0.6 is 0 Å². The molecule has 88 valence electrons. The molecule has 0 spiro atoms. The van der Waals surface area contributed by atoms with Gasteiger partial charge in [-0.3, -0.25) is 9.89 Å². The number of carbonyl (C=O) groups excluding carboxylic acids is 1. The van der Waals surface area contributed by atoms with Crippen LogP contribution in [0.2, 0.25) is 0 Å². The van der Waals surface area contributed by atoms with E-state index in [4.69, 9.17) is 4.74 Å². The first kappa shape index (κ1) is 11.2. The molecule has 2 rings (SSSR count). The molecule has 2 N–H and O–H groups in total. The largest absolute Gasteiger partial charge is 0.497 e. The number of amides is 1. The molecule has 0 atom stereocenters. The van der Waals surface area contributed by atoms with Crippen molar-refractivity contribution in [3.63, 3.8) is 0 Å². The van der Waals surface area contributed by atoms with Crippen molar-refractivity contribution in [3.05, 3.63) is 42.2 Å². The maximum absolute atomic E-state index is 11.7. The molecular formula is C12H13N3O2. The Labute approximate surface area is 98.8 Å². The molecule has 0 radical (unpaired) electrons. The zero-order chi connectivity index (χ0) is 12.1. The molecule has 1 aromatic carbocycles. The van der Waals surface area contributed by atoms with Crippen LogP contribution in [0.3, 0.4) is 0 Å². The first-order valence-corrected chi connectivity index (χ1v) is 5.19. The van der Waals surface area contributed by atoms with Crippen LogP contribution in [0, 0.1) is 0 Å². The van der Waals surface area contributed by atoms with Crippen LogP contribution in [0.1, 0.15) is 5.56 Å². The fourth-order valence-electron chi connectivity index (χ4n) is 1.49. The zero-order valence-corrected chi connectivity index (χ0v) is 9.43. The van der Waals surface area contributed by atoms with Gasteiger partial charge < -0.3 is 10.1 Å². The van der Waals surface area contributed by atoms with E-state index in [1.165, 1.54) is 0 Å². The Morgan fingerprint density at radius 1 is 1.53 bits per heavy atom. The van der Waals surface area contributed by atoms with E-state index in [-0.39, 0.29) is 5.91 Å². The lowest BCUT2D eigenvalue weighted by Gasteiger charge is -2.04. The van der Waals surface area contributed by atoms with Gasteiger partial charge in [-0.25, -0.2) is 0 Å². The lowest BCUT2D eigenvalue weighted by atomic mass is 10.1. The number of anilines is 1. The number of nitrogens with one attached hydrogen (secondary N) is 2. The van der Waals surface area contributed by atoms with E-state index in [0.29, 0.717) is 12.1 Å². The predicted molar refractivity (Wildman–Crippen MR) is 63.9 cm³/mol. The second kappa shape index (κ2) is 5.16. The molecule has 0 saturated heterocycles. The standard InChI is InChI=1S/C12H13N3O2/c1-17-11-4-2-3-9(5-11)6-12(16)15-10-7-13-14-8-10/h2-5,7-8H,6H2,1H3,(H,13,14)(H,15,16). The highest BCUT2D eigenvalue weighted by atomic mass is 16.5. The van der Waals surface area contributed by atoms with E-state index >= 15 is 0 Å². The van der Waals surface area contributed by atoms with E-state index in [1.54, 1.807) is 19.5 Å². The van der Waals surface area contributed by atoms with Crippen molar-refractivity contribution in [2.75, 3.05) is 12.4 Å². The summed E-state index contributed by atoms with van der Waals surface area (Å²) in [4.78, 5) is 11.7. The third kappa shape index (κ3) is 3.07. The zero-order valence-electron chi connectivity index (χ0n) is 9.43. The normalized spacial score (nSPS) is 9.94. The molecule has 0 aliphatic carbocycles. The monoisotopic (exact) mass is 231 g/mol. The summed E-state index contributed by atoms with van der Waals surface area (Å²) in [5, 5.41) is 9.12. The van der Waals surface area contributed by atoms with Crippen molar-refractivity contribution in [2.24, 2.45) is 0 Å². The second-order valence-corrected chi connectivity index (χ2v) is 3.56. The Kier molecular flexibility index (Phi) is 3.40. The fraction of sp³-hybridized carbons (Fsp3) is 0.167. The number of carbonyl (C=O) groups is 1. The first-order valence-electron chi connectivity index (χ1n) is 5.19.